The van der Waals surface area contributed by atoms with Gasteiger partial charge in [-0.1, -0.05) is 153 Å². The quantitative estimate of drug-likeness (QED) is 0.176. The normalized spacial score (nSPS) is 11.6. The Bertz CT molecular complexity index is 2390. The van der Waals surface area contributed by atoms with E-state index in [0.717, 1.165) is 59.6 Å². The summed E-state index contributed by atoms with van der Waals surface area (Å²) in [5.74, 6) is 0.741. The number of hydrogen-bond donors (Lipinski definition) is 2. The Morgan fingerprint density at radius 1 is 0.500 bits per heavy atom. The second-order valence-electron chi connectivity index (χ2n) is 12.8. The fourth-order valence-electron chi connectivity index (χ4n) is 6.65. The van der Waals surface area contributed by atoms with Crippen LogP contribution in [0.4, 0.5) is 0 Å². The van der Waals surface area contributed by atoms with E-state index in [1.807, 2.05) is 54.6 Å². The summed E-state index contributed by atoms with van der Waals surface area (Å²) in [6, 6.07) is 40.8. The summed E-state index contributed by atoms with van der Waals surface area (Å²) < 4.78 is 13.8. The zero-order valence-corrected chi connectivity index (χ0v) is 29.0. The number of halogens is 1. The van der Waals surface area contributed by atoms with Crippen molar-refractivity contribution in [2.45, 2.75) is 39.5 Å². The van der Waals surface area contributed by atoms with Crippen molar-refractivity contribution in [3.63, 3.8) is 0 Å². The lowest BCUT2D eigenvalue weighted by Gasteiger charge is -2.07. The van der Waals surface area contributed by atoms with Gasteiger partial charge in [-0.2, -0.15) is 0 Å². The van der Waals surface area contributed by atoms with Crippen LogP contribution in [-0.4, -0.2) is 17.2 Å². The van der Waals surface area contributed by atoms with E-state index in [4.69, 9.17) is 8.83 Å². The molecule has 0 spiro atoms. The molecule has 8 aromatic rings. The van der Waals surface area contributed by atoms with Gasteiger partial charge in [0.15, 0.2) is 0 Å². The Labute approximate surface area is 288 Å². The van der Waals surface area contributed by atoms with Crippen LogP contribution in [0, 0.1) is 0 Å². The highest BCUT2D eigenvalue weighted by atomic mass is 79.9. The second kappa shape index (κ2) is 13.1. The standard InChI is InChI=1S/C21H19BO3.C21H17BrO/c1-13(2)15-9-6-10-17-19-18(22(23)24)12-11-16(21(19)25-20(15)17)14-7-4-3-5-8-14;1-13(2)15-9-6-10-17-19-18(22)12-11-16(21(19)23-20(15)17)14-7-4-3-5-8-14/h3-13,23-24H,1-2H3;3-13H,1-2H3. The first-order valence-electron chi connectivity index (χ1n) is 16.3. The van der Waals surface area contributed by atoms with Gasteiger partial charge in [0.2, 0.25) is 0 Å². The van der Waals surface area contributed by atoms with E-state index in [1.54, 1.807) is 6.07 Å². The number of para-hydroxylation sites is 2. The van der Waals surface area contributed by atoms with Crippen LogP contribution < -0.4 is 5.46 Å². The van der Waals surface area contributed by atoms with Crippen molar-refractivity contribution in [3.05, 3.63) is 137 Å². The first kappa shape index (κ1) is 32.0. The summed E-state index contributed by atoms with van der Waals surface area (Å²) in [6.07, 6.45) is 0. The first-order chi connectivity index (χ1) is 23.2. The van der Waals surface area contributed by atoms with Crippen LogP contribution in [0.3, 0.4) is 0 Å². The van der Waals surface area contributed by atoms with Crippen LogP contribution in [0.15, 0.2) is 135 Å². The fourth-order valence-corrected chi connectivity index (χ4v) is 7.17. The van der Waals surface area contributed by atoms with Gasteiger partial charge in [0, 0.05) is 37.1 Å². The number of fused-ring (bicyclic) bond motifs is 6. The zero-order chi connectivity index (χ0) is 33.5. The summed E-state index contributed by atoms with van der Waals surface area (Å²) in [7, 11) is -1.55. The van der Waals surface area contributed by atoms with Gasteiger partial charge in [-0.3, -0.25) is 0 Å². The lowest BCUT2D eigenvalue weighted by Crippen LogP contribution is -2.30. The maximum Gasteiger partial charge on any atom is 0.489 e. The predicted molar refractivity (Wildman–Crippen MR) is 204 cm³/mol. The van der Waals surface area contributed by atoms with Crippen molar-refractivity contribution < 1.29 is 18.9 Å². The Morgan fingerprint density at radius 3 is 1.44 bits per heavy atom. The third kappa shape index (κ3) is 5.64. The highest BCUT2D eigenvalue weighted by Gasteiger charge is 2.24. The van der Waals surface area contributed by atoms with Crippen molar-refractivity contribution in [1.29, 1.82) is 0 Å². The molecule has 2 heterocycles. The Morgan fingerprint density at radius 2 is 0.958 bits per heavy atom. The van der Waals surface area contributed by atoms with Crippen LogP contribution in [-0.2, 0) is 0 Å². The molecule has 0 bridgehead atoms. The van der Waals surface area contributed by atoms with Gasteiger partial charge in [-0.05, 0) is 51.7 Å². The predicted octanol–water partition coefficient (Wildman–Crippen LogP) is 11.2. The average molecular weight is 695 g/mol. The molecule has 0 aliphatic heterocycles. The molecule has 0 atom stereocenters. The highest BCUT2D eigenvalue weighted by Crippen LogP contribution is 2.42. The molecule has 238 valence electrons. The SMILES string of the molecule is CC(C)c1cccc2c1oc1c(-c3ccccc3)ccc(B(O)O)c12.CC(C)c1cccc2c1oc1c(-c3ccccc3)ccc(Br)c12. The topological polar surface area (TPSA) is 66.7 Å². The molecule has 48 heavy (non-hydrogen) atoms. The van der Waals surface area contributed by atoms with E-state index >= 15 is 0 Å². The van der Waals surface area contributed by atoms with Gasteiger partial charge in [-0.15, -0.1) is 0 Å². The minimum Gasteiger partial charge on any atom is -0.455 e. The van der Waals surface area contributed by atoms with Gasteiger partial charge in [0.25, 0.3) is 0 Å². The van der Waals surface area contributed by atoms with E-state index < -0.39 is 7.12 Å². The molecule has 0 aliphatic rings. The third-order valence-corrected chi connectivity index (χ3v) is 9.69. The first-order valence-corrected chi connectivity index (χ1v) is 17.1. The second-order valence-corrected chi connectivity index (χ2v) is 13.6. The molecule has 6 aromatic carbocycles. The van der Waals surface area contributed by atoms with Crippen molar-refractivity contribution in [2.75, 3.05) is 0 Å². The van der Waals surface area contributed by atoms with Crippen molar-refractivity contribution in [1.82, 2.24) is 0 Å². The average Bonchev–Trinajstić information content (AvgIpc) is 3.69. The molecule has 2 aromatic heterocycles. The monoisotopic (exact) mass is 694 g/mol. The van der Waals surface area contributed by atoms with E-state index in [1.165, 1.54) is 16.5 Å². The van der Waals surface area contributed by atoms with Crippen LogP contribution in [0.2, 0.25) is 0 Å². The molecule has 0 amide bonds. The van der Waals surface area contributed by atoms with Crippen molar-refractivity contribution >= 4 is 72.4 Å². The van der Waals surface area contributed by atoms with Gasteiger partial charge in [0.1, 0.15) is 22.3 Å². The molecular formula is C42H36BBrO4. The van der Waals surface area contributed by atoms with E-state index in [-0.39, 0.29) is 0 Å². The minimum absolute atomic E-state index is 0.312. The number of hydrogen-bond acceptors (Lipinski definition) is 4. The molecule has 0 radical (unpaired) electrons. The maximum absolute atomic E-state index is 9.85. The summed E-state index contributed by atoms with van der Waals surface area (Å²) >= 11 is 3.71. The number of furan rings is 2. The van der Waals surface area contributed by atoms with Crippen LogP contribution >= 0.6 is 15.9 Å². The molecule has 0 aliphatic carbocycles. The van der Waals surface area contributed by atoms with Crippen LogP contribution in [0.1, 0.15) is 50.7 Å². The molecule has 2 N–H and O–H groups in total. The van der Waals surface area contributed by atoms with E-state index in [0.29, 0.717) is 22.9 Å². The molecule has 8 rings (SSSR count). The van der Waals surface area contributed by atoms with Crippen LogP contribution in [0.5, 0.6) is 0 Å². The van der Waals surface area contributed by atoms with Crippen molar-refractivity contribution in [3.8, 4) is 22.3 Å². The molecule has 0 unspecified atom stereocenters. The summed E-state index contributed by atoms with van der Waals surface area (Å²) in [5.41, 5.74) is 10.6. The highest BCUT2D eigenvalue weighted by molar-refractivity contribution is 9.10. The number of benzene rings is 6. The van der Waals surface area contributed by atoms with Gasteiger partial charge in [0.05, 0.1) is 0 Å². The van der Waals surface area contributed by atoms with Crippen molar-refractivity contribution in [2.24, 2.45) is 0 Å². The van der Waals surface area contributed by atoms with E-state index in [2.05, 4.69) is 104 Å². The number of rotatable bonds is 5. The Balaban J connectivity index is 0.000000152. The molecule has 0 saturated carbocycles. The minimum atomic E-state index is -1.55. The summed E-state index contributed by atoms with van der Waals surface area (Å²) in [6.45, 7) is 8.66. The summed E-state index contributed by atoms with van der Waals surface area (Å²) in [4.78, 5) is 0. The molecule has 0 saturated heterocycles. The molecule has 0 fully saturated rings. The fraction of sp³-hybridized carbons (Fsp3) is 0.143. The van der Waals surface area contributed by atoms with Gasteiger partial charge >= 0.3 is 7.12 Å². The zero-order valence-electron chi connectivity index (χ0n) is 27.4. The van der Waals surface area contributed by atoms with Gasteiger partial charge < -0.3 is 18.9 Å². The molecule has 6 heteroatoms. The third-order valence-electron chi connectivity index (χ3n) is 9.03. The Kier molecular flexibility index (Phi) is 8.73. The molecular weight excluding hydrogens is 659 g/mol. The maximum atomic E-state index is 9.85. The van der Waals surface area contributed by atoms with Crippen LogP contribution in [0.25, 0.3) is 66.1 Å². The Hall–Kier alpha value is -4.62. The van der Waals surface area contributed by atoms with Gasteiger partial charge in [-0.25, -0.2) is 0 Å². The van der Waals surface area contributed by atoms with E-state index in [9.17, 15) is 10.0 Å². The largest absolute Gasteiger partial charge is 0.489 e. The summed E-state index contributed by atoms with van der Waals surface area (Å²) in [5, 5.41) is 23.7. The smallest absolute Gasteiger partial charge is 0.455 e. The lowest BCUT2D eigenvalue weighted by molar-refractivity contribution is 0.426. The lowest BCUT2D eigenvalue weighted by atomic mass is 9.76. The molecule has 4 nitrogen and oxygen atoms in total.